The van der Waals surface area contributed by atoms with Gasteiger partial charge >= 0.3 is 6.01 Å². The molecule has 4 rings (SSSR count). The second-order valence-electron chi connectivity index (χ2n) is 5.57. The lowest BCUT2D eigenvalue weighted by atomic mass is 10.0. The quantitative estimate of drug-likeness (QED) is 0.622. The van der Waals surface area contributed by atoms with Crippen LogP contribution in [0.4, 0.5) is 0 Å². The van der Waals surface area contributed by atoms with Crippen molar-refractivity contribution in [1.29, 1.82) is 0 Å². The van der Waals surface area contributed by atoms with E-state index >= 15 is 0 Å². The fourth-order valence-corrected chi connectivity index (χ4v) is 2.78. The van der Waals surface area contributed by atoms with E-state index in [9.17, 15) is 4.79 Å². The van der Waals surface area contributed by atoms with Crippen LogP contribution < -0.4 is 10.3 Å². The standard InChI is InChI=1S/C18H15N5O2/c1-23-10-12(15(22-23)11-6-4-3-5-7-11)16-17-13(8-9-14(24)20-17)19-18(21-16)25-2/h3-10H,1-2H3,(H,20,24). The summed E-state index contributed by atoms with van der Waals surface area (Å²) in [6.45, 7) is 0. The number of fused-ring (bicyclic) bond motifs is 1. The highest BCUT2D eigenvalue weighted by atomic mass is 16.5. The van der Waals surface area contributed by atoms with Crippen LogP contribution in [0.5, 0.6) is 6.01 Å². The molecule has 124 valence electrons. The molecule has 0 atom stereocenters. The lowest BCUT2D eigenvalue weighted by Crippen LogP contribution is -2.06. The van der Waals surface area contributed by atoms with Crippen molar-refractivity contribution >= 4 is 11.0 Å². The molecule has 0 aliphatic rings. The molecule has 0 aliphatic carbocycles. The average Bonchev–Trinajstić information content (AvgIpc) is 3.03. The first-order valence-corrected chi connectivity index (χ1v) is 7.70. The van der Waals surface area contributed by atoms with E-state index in [0.717, 1.165) is 16.8 Å². The number of H-pyrrole nitrogens is 1. The van der Waals surface area contributed by atoms with Crippen LogP contribution in [0.3, 0.4) is 0 Å². The second kappa shape index (κ2) is 5.86. The van der Waals surface area contributed by atoms with E-state index in [-0.39, 0.29) is 11.6 Å². The number of ether oxygens (including phenoxy) is 1. The number of hydrogen-bond donors (Lipinski definition) is 1. The molecular weight excluding hydrogens is 318 g/mol. The van der Waals surface area contributed by atoms with Gasteiger partial charge in [-0.1, -0.05) is 30.3 Å². The van der Waals surface area contributed by atoms with E-state index in [4.69, 9.17) is 4.74 Å². The minimum absolute atomic E-state index is 0.215. The first kappa shape index (κ1) is 15.1. The zero-order valence-electron chi connectivity index (χ0n) is 13.7. The summed E-state index contributed by atoms with van der Waals surface area (Å²) in [5.74, 6) is 0. The Labute approximate surface area is 142 Å². The lowest BCUT2D eigenvalue weighted by Gasteiger charge is -2.08. The van der Waals surface area contributed by atoms with Crippen LogP contribution in [-0.2, 0) is 7.05 Å². The first-order valence-electron chi connectivity index (χ1n) is 7.70. The summed E-state index contributed by atoms with van der Waals surface area (Å²) in [7, 11) is 3.36. The summed E-state index contributed by atoms with van der Waals surface area (Å²) in [6.07, 6.45) is 1.87. The predicted molar refractivity (Wildman–Crippen MR) is 94.3 cm³/mol. The molecule has 0 fully saturated rings. The molecule has 7 nitrogen and oxygen atoms in total. The van der Waals surface area contributed by atoms with Gasteiger partial charge in [-0.15, -0.1) is 0 Å². The van der Waals surface area contributed by atoms with Gasteiger partial charge in [-0.2, -0.15) is 15.1 Å². The minimum atomic E-state index is -0.215. The highest BCUT2D eigenvalue weighted by Crippen LogP contribution is 2.33. The van der Waals surface area contributed by atoms with Crippen molar-refractivity contribution in [2.45, 2.75) is 0 Å². The maximum Gasteiger partial charge on any atom is 0.317 e. The van der Waals surface area contributed by atoms with Crippen LogP contribution in [0.1, 0.15) is 0 Å². The van der Waals surface area contributed by atoms with Crippen molar-refractivity contribution in [2.24, 2.45) is 7.05 Å². The highest BCUT2D eigenvalue weighted by Gasteiger charge is 2.18. The number of pyridine rings is 1. The molecule has 3 heterocycles. The third-order valence-corrected chi connectivity index (χ3v) is 3.87. The van der Waals surface area contributed by atoms with E-state index in [0.29, 0.717) is 16.7 Å². The van der Waals surface area contributed by atoms with Gasteiger partial charge in [0.05, 0.1) is 18.1 Å². The van der Waals surface area contributed by atoms with Gasteiger partial charge in [-0.3, -0.25) is 9.48 Å². The summed E-state index contributed by atoms with van der Waals surface area (Å²) in [5, 5.41) is 4.57. The molecule has 1 N–H and O–H groups in total. The Bertz CT molecular complexity index is 1120. The van der Waals surface area contributed by atoms with Crippen LogP contribution in [0.15, 0.2) is 53.5 Å². The second-order valence-corrected chi connectivity index (χ2v) is 5.57. The SMILES string of the molecule is COc1nc(-c2cn(C)nc2-c2ccccc2)c2[nH]c(=O)ccc2n1. The predicted octanol–water partition coefficient (Wildman–Crippen LogP) is 2.39. The van der Waals surface area contributed by atoms with E-state index in [2.05, 4.69) is 20.1 Å². The van der Waals surface area contributed by atoms with Gasteiger partial charge in [0, 0.05) is 30.4 Å². The molecule has 0 unspecified atom stereocenters. The third-order valence-electron chi connectivity index (χ3n) is 3.87. The summed E-state index contributed by atoms with van der Waals surface area (Å²) in [4.78, 5) is 23.4. The summed E-state index contributed by atoms with van der Waals surface area (Å²) >= 11 is 0. The first-order chi connectivity index (χ1) is 12.2. The average molecular weight is 333 g/mol. The van der Waals surface area contributed by atoms with Crippen LogP contribution in [0.2, 0.25) is 0 Å². The van der Waals surface area contributed by atoms with Gasteiger partial charge in [0.15, 0.2) is 0 Å². The lowest BCUT2D eigenvalue weighted by molar-refractivity contribution is 0.382. The van der Waals surface area contributed by atoms with Crippen molar-refractivity contribution in [3.05, 3.63) is 59.0 Å². The Kier molecular flexibility index (Phi) is 3.53. The topological polar surface area (TPSA) is 85.7 Å². The molecule has 1 aromatic carbocycles. The molecule has 0 saturated carbocycles. The summed E-state index contributed by atoms with van der Waals surface area (Å²) in [5.41, 5.74) is 4.04. The Morgan fingerprint density at radius 1 is 1.04 bits per heavy atom. The number of aromatic amines is 1. The van der Waals surface area contributed by atoms with Gasteiger partial charge in [0.1, 0.15) is 11.4 Å². The molecule has 0 aliphatic heterocycles. The van der Waals surface area contributed by atoms with Crippen LogP contribution in [0.25, 0.3) is 33.5 Å². The Morgan fingerprint density at radius 2 is 1.84 bits per heavy atom. The molecule has 0 radical (unpaired) electrons. The number of nitrogens with zero attached hydrogens (tertiary/aromatic N) is 4. The number of nitrogens with one attached hydrogen (secondary N) is 1. The number of aryl methyl sites for hydroxylation is 1. The van der Waals surface area contributed by atoms with E-state index < -0.39 is 0 Å². The molecule has 25 heavy (non-hydrogen) atoms. The van der Waals surface area contributed by atoms with Crippen LogP contribution in [0, 0.1) is 0 Å². The van der Waals surface area contributed by atoms with Gasteiger partial charge in [-0.05, 0) is 6.07 Å². The number of methoxy groups -OCH3 is 1. The smallest absolute Gasteiger partial charge is 0.317 e. The van der Waals surface area contributed by atoms with E-state index in [1.165, 1.54) is 13.2 Å². The Morgan fingerprint density at radius 3 is 2.60 bits per heavy atom. The zero-order chi connectivity index (χ0) is 17.4. The van der Waals surface area contributed by atoms with E-state index in [1.54, 1.807) is 10.7 Å². The Hall–Kier alpha value is -3.48. The zero-order valence-corrected chi connectivity index (χ0v) is 13.7. The molecule has 7 heteroatoms. The van der Waals surface area contributed by atoms with Crippen molar-refractivity contribution in [3.63, 3.8) is 0 Å². The van der Waals surface area contributed by atoms with Crippen molar-refractivity contribution < 1.29 is 4.74 Å². The molecule has 3 aromatic heterocycles. The largest absolute Gasteiger partial charge is 0.467 e. The maximum absolute atomic E-state index is 11.8. The van der Waals surface area contributed by atoms with Gasteiger partial charge in [0.2, 0.25) is 5.56 Å². The molecule has 4 aromatic rings. The number of rotatable bonds is 3. The van der Waals surface area contributed by atoms with Crippen LogP contribution in [-0.4, -0.2) is 31.8 Å². The number of hydrogen-bond acceptors (Lipinski definition) is 5. The molecule has 0 amide bonds. The van der Waals surface area contributed by atoms with E-state index in [1.807, 2.05) is 43.6 Å². The van der Waals surface area contributed by atoms with Crippen molar-refractivity contribution in [1.82, 2.24) is 24.7 Å². The summed E-state index contributed by atoms with van der Waals surface area (Å²) in [6, 6.07) is 13.1. The van der Waals surface area contributed by atoms with Gasteiger partial charge in [0.25, 0.3) is 0 Å². The monoisotopic (exact) mass is 333 g/mol. The normalized spacial score (nSPS) is 11.0. The third kappa shape index (κ3) is 2.65. The van der Waals surface area contributed by atoms with Crippen molar-refractivity contribution in [3.8, 4) is 28.5 Å². The molecule has 0 bridgehead atoms. The Balaban J connectivity index is 2.06. The van der Waals surface area contributed by atoms with Gasteiger partial charge in [-0.25, -0.2) is 0 Å². The van der Waals surface area contributed by atoms with Gasteiger partial charge < -0.3 is 9.72 Å². The summed E-state index contributed by atoms with van der Waals surface area (Å²) < 4.78 is 6.95. The van der Waals surface area contributed by atoms with Crippen LogP contribution >= 0.6 is 0 Å². The minimum Gasteiger partial charge on any atom is -0.467 e. The molecule has 0 saturated heterocycles. The van der Waals surface area contributed by atoms with Crippen molar-refractivity contribution in [2.75, 3.05) is 7.11 Å². The maximum atomic E-state index is 11.8. The fourth-order valence-electron chi connectivity index (χ4n) is 2.78. The molecule has 0 spiro atoms. The highest BCUT2D eigenvalue weighted by molar-refractivity contribution is 5.93. The fraction of sp³-hybridized carbons (Fsp3) is 0.111. The number of aromatic nitrogens is 5. The number of benzene rings is 1. The molecular formula is C18H15N5O2.